The van der Waals surface area contributed by atoms with Crippen molar-refractivity contribution >= 4 is 5.97 Å². The second kappa shape index (κ2) is 14.3. The van der Waals surface area contributed by atoms with Crippen LogP contribution in [0.2, 0.25) is 0 Å². The van der Waals surface area contributed by atoms with Crippen molar-refractivity contribution in [2.24, 2.45) is 0 Å². The van der Waals surface area contributed by atoms with Gasteiger partial charge in [-0.2, -0.15) is 0 Å². The van der Waals surface area contributed by atoms with Crippen LogP contribution in [0.4, 0.5) is 0 Å². The Bertz CT molecular complexity index is 199. The number of carbonyl (C=O) groups excluding carboxylic acids is 1. The molecular weight excluding hydrogens is 224 g/mol. The Balaban J connectivity index is 3.14. The fourth-order valence-corrected chi connectivity index (χ4v) is 1.88. The third-order valence-electron chi connectivity index (χ3n) is 3.05. The Hall–Kier alpha value is -0.790. The molecule has 0 aromatic heterocycles. The van der Waals surface area contributed by atoms with Gasteiger partial charge in [0.25, 0.3) is 0 Å². The molecule has 2 heteroatoms. The van der Waals surface area contributed by atoms with Gasteiger partial charge < -0.3 is 4.74 Å². The molecule has 0 saturated carbocycles. The first kappa shape index (κ1) is 17.2. The number of ether oxygens (including phenoxy) is 1. The predicted molar refractivity (Wildman–Crippen MR) is 77.6 cm³/mol. The summed E-state index contributed by atoms with van der Waals surface area (Å²) in [6.07, 6.45) is 14.2. The zero-order chi connectivity index (χ0) is 13.5. The summed E-state index contributed by atoms with van der Waals surface area (Å²) < 4.78 is 5.16. The molecule has 106 valence electrons. The number of carbonyl (C=O) groups is 1. The van der Waals surface area contributed by atoms with E-state index in [0.29, 0.717) is 13.0 Å². The summed E-state index contributed by atoms with van der Waals surface area (Å²) in [5, 5.41) is 0. The maximum Gasteiger partial charge on any atom is 0.305 e. The van der Waals surface area contributed by atoms with Gasteiger partial charge in [0.05, 0.1) is 6.61 Å². The fourth-order valence-electron chi connectivity index (χ4n) is 1.88. The topological polar surface area (TPSA) is 26.3 Å². The lowest BCUT2D eigenvalue weighted by Gasteiger charge is -2.04. The first-order valence-corrected chi connectivity index (χ1v) is 7.57. The first-order chi connectivity index (χ1) is 8.81. The zero-order valence-electron chi connectivity index (χ0n) is 12.1. The summed E-state index contributed by atoms with van der Waals surface area (Å²) >= 11 is 0. The van der Waals surface area contributed by atoms with E-state index in [4.69, 9.17) is 4.74 Å². The maximum atomic E-state index is 11.4. The van der Waals surface area contributed by atoms with Crippen LogP contribution < -0.4 is 0 Å². The second-order valence-electron chi connectivity index (χ2n) is 4.88. The van der Waals surface area contributed by atoms with E-state index in [1.54, 1.807) is 0 Å². The van der Waals surface area contributed by atoms with Crippen molar-refractivity contribution in [3.05, 3.63) is 12.7 Å². The van der Waals surface area contributed by atoms with Crippen molar-refractivity contribution in [2.75, 3.05) is 6.61 Å². The number of rotatable bonds is 13. The molecule has 0 rings (SSSR count). The van der Waals surface area contributed by atoms with Crippen LogP contribution in [0.15, 0.2) is 12.7 Å². The molecule has 0 amide bonds. The van der Waals surface area contributed by atoms with Crippen molar-refractivity contribution in [1.29, 1.82) is 0 Å². The van der Waals surface area contributed by atoms with Gasteiger partial charge >= 0.3 is 5.97 Å². The van der Waals surface area contributed by atoms with Gasteiger partial charge in [-0.1, -0.05) is 51.5 Å². The number of unbranched alkanes of at least 4 members (excludes halogenated alkanes) is 8. The van der Waals surface area contributed by atoms with E-state index in [9.17, 15) is 4.79 Å². The normalized spacial score (nSPS) is 10.3. The number of allylic oxidation sites excluding steroid dienone is 1. The van der Waals surface area contributed by atoms with Gasteiger partial charge in [0.1, 0.15) is 0 Å². The maximum absolute atomic E-state index is 11.4. The van der Waals surface area contributed by atoms with Crippen molar-refractivity contribution in [3.8, 4) is 0 Å². The molecule has 2 nitrogen and oxygen atoms in total. The number of esters is 1. The Morgan fingerprint density at radius 2 is 1.67 bits per heavy atom. The Kier molecular flexibility index (Phi) is 13.6. The highest BCUT2D eigenvalue weighted by molar-refractivity contribution is 5.69. The van der Waals surface area contributed by atoms with Crippen molar-refractivity contribution in [1.82, 2.24) is 0 Å². The molecular formula is C16H30O2. The standard InChI is InChI=1S/C16H30O2/c1-3-5-7-9-10-11-12-14-16(17)18-15-13-8-6-4-2/h4H,2-3,5-15H2,1H3. The highest BCUT2D eigenvalue weighted by atomic mass is 16.5. The average Bonchev–Trinajstić information content (AvgIpc) is 2.37. The van der Waals surface area contributed by atoms with Gasteiger partial charge in [-0.05, 0) is 25.7 Å². The molecule has 0 aliphatic rings. The summed E-state index contributed by atoms with van der Waals surface area (Å²) in [4.78, 5) is 11.4. The quantitative estimate of drug-likeness (QED) is 0.262. The summed E-state index contributed by atoms with van der Waals surface area (Å²) in [6.45, 7) is 6.46. The number of hydrogen-bond acceptors (Lipinski definition) is 2. The summed E-state index contributed by atoms with van der Waals surface area (Å²) in [5.41, 5.74) is 0. The van der Waals surface area contributed by atoms with Crippen LogP contribution in [0.1, 0.15) is 77.6 Å². The lowest BCUT2D eigenvalue weighted by Crippen LogP contribution is -2.05. The van der Waals surface area contributed by atoms with Crippen molar-refractivity contribution in [3.63, 3.8) is 0 Å². The molecule has 0 bridgehead atoms. The van der Waals surface area contributed by atoms with Gasteiger partial charge in [-0.3, -0.25) is 4.79 Å². The van der Waals surface area contributed by atoms with Crippen molar-refractivity contribution in [2.45, 2.75) is 77.6 Å². The van der Waals surface area contributed by atoms with E-state index in [2.05, 4.69) is 13.5 Å². The largest absolute Gasteiger partial charge is 0.466 e. The van der Waals surface area contributed by atoms with Gasteiger partial charge in [0.15, 0.2) is 0 Å². The molecule has 0 saturated heterocycles. The van der Waals surface area contributed by atoms with E-state index in [1.807, 2.05) is 6.08 Å². The van der Waals surface area contributed by atoms with E-state index in [1.165, 1.54) is 32.1 Å². The van der Waals surface area contributed by atoms with E-state index >= 15 is 0 Å². The minimum absolute atomic E-state index is 0.0258. The van der Waals surface area contributed by atoms with Crippen molar-refractivity contribution < 1.29 is 9.53 Å². The summed E-state index contributed by atoms with van der Waals surface area (Å²) in [5.74, 6) is -0.0258. The summed E-state index contributed by atoms with van der Waals surface area (Å²) in [6, 6.07) is 0. The molecule has 0 radical (unpaired) electrons. The van der Waals surface area contributed by atoms with E-state index in [-0.39, 0.29) is 5.97 Å². The van der Waals surface area contributed by atoms with Crippen LogP contribution in [-0.4, -0.2) is 12.6 Å². The van der Waals surface area contributed by atoms with Crippen LogP contribution >= 0.6 is 0 Å². The molecule has 0 aromatic rings. The predicted octanol–water partition coefficient (Wildman–Crippen LogP) is 5.03. The molecule has 0 fully saturated rings. The van der Waals surface area contributed by atoms with Crippen LogP contribution in [0.5, 0.6) is 0 Å². The second-order valence-corrected chi connectivity index (χ2v) is 4.88. The van der Waals surface area contributed by atoms with Crippen LogP contribution in [0, 0.1) is 0 Å². The highest BCUT2D eigenvalue weighted by Gasteiger charge is 2.01. The summed E-state index contributed by atoms with van der Waals surface area (Å²) in [7, 11) is 0. The molecule has 0 N–H and O–H groups in total. The Labute approximate surface area is 113 Å². The van der Waals surface area contributed by atoms with Gasteiger partial charge in [-0.15, -0.1) is 6.58 Å². The minimum Gasteiger partial charge on any atom is -0.466 e. The van der Waals surface area contributed by atoms with Crippen LogP contribution in [0.3, 0.4) is 0 Å². The molecule has 0 aliphatic heterocycles. The molecule has 0 aliphatic carbocycles. The minimum atomic E-state index is -0.0258. The monoisotopic (exact) mass is 254 g/mol. The van der Waals surface area contributed by atoms with E-state index in [0.717, 1.165) is 32.1 Å². The lowest BCUT2D eigenvalue weighted by molar-refractivity contribution is -0.143. The zero-order valence-corrected chi connectivity index (χ0v) is 12.1. The fraction of sp³-hybridized carbons (Fsp3) is 0.812. The SMILES string of the molecule is C=CCCCCOC(=O)CCCCCCCCC. The molecule has 0 heterocycles. The van der Waals surface area contributed by atoms with Gasteiger partial charge in [0.2, 0.25) is 0 Å². The smallest absolute Gasteiger partial charge is 0.305 e. The van der Waals surface area contributed by atoms with Gasteiger partial charge in [0, 0.05) is 6.42 Å². The molecule has 0 unspecified atom stereocenters. The molecule has 0 aromatic carbocycles. The average molecular weight is 254 g/mol. The molecule has 18 heavy (non-hydrogen) atoms. The van der Waals surface area contributed by atoms with Crippen LogP contribution in [0.25, 0.3) is 0 Å². The molecule has 0 atom stereocenters. The Morgan fingerprint density at radius 3 is 2.33 bits per heavy atom. The third kappa shape index (κ3) is 13.3. The lowest BCUT2D eigenvalue weighted by atomic mass is 10.1. The van der Waals surface area contributed by atoms with E-state index < -0.39 is 0 Å². The third-order valence-corrected chi connectivity index (χ3v) is 3.05. The number of hydrogen-bond donors (Lipinski definition) is 0. The highest BCUT2D eigenvalue weighted by Crippen LogP contribution is 2.09. The Morgan fingerprint density at radius 1 is 1.00 bits per heavy atom. The first-order valence-electron chi connectivity index (χ1n) is 7.57. The molecule has 0 spiro atoms. The van der Waals surface area contributed by atoms with Gasteiger partial charge in [-0.25, -0.2) is 0 Å². The van der Waals surface area contributed by atoms with Crippen LogP contribution in [-0.2, 0) is 9.53 Å².